The Hall–Kier alpha value is -1.60. The molecule has 3 aromatic heterocycles. The fraction of sp³-hybridized carbons (Fsp3) is 0.111. The van der Waals surface area contributed by atoms with Gasteiger partial charge in [0, 0.05) is 5.56 Å². The largest absolute Gasteiger partial charge is 0.440 e. The average molecular weight is 268 g/mol. The highest BCUT2D eigenvalue weighted by Gasteiger charge is 2.15. The summed E-state index contributed by atoms with van der Waals surface area (Å²) in [6, 6.07) is 0. The van der Waals surface area contributed by atoms with Gasteiger partial charge >= 0.3 is 0 Å². The van der Waals surface area contributed by atoms with Gasteiger partial charge in [-0.15, -0.1) is 0 Å². The minimum absolute atomic E-state index is 0.402. The number of halogens is 1. The van der Waals surface area contributed by atoms with E-state index in [9.17, 15) is 0 Å². The van der Waals surface area contributed by atoms with Crippen LogP contribution in [0.5, 0.6) is 0 Å². The predicted octanol–water partition coefficient (Wildman–Crippen LogP) is 2.23. The molecule has 0 saturated carbocycles. The second kappa shape index (κ2) is 4.01. The van der Waals surface area contributed by atoms with Crippen LogP contribution in [0.2, 0.25) is 5.15 Å². The lowest BCUT2D eigenvalue weighted by Crippen LogP contribution is -1.99. The van der Waals surface area contributed by atoms with Crippen LogP contribution in [-0.4, -0.2) is 24.6 Å². The summed E-state index contributed by atoms with van der Waals surface area (Å²) in [5.74, 6) is 0.453. The Balaban J connectivity index is 2.19. The van der Waals surface area contributed by atoms with E-state index >= 15 is 0 Å². The van der Waals surface area contributed by atoms with E-state index in [2.05, 4.69) is 20.1 Å². The Morgan fingerprint density at radius 3 is 3.06 bits per heavy atom. The second-order valence-electron chi connectivity index (χ2n) is 3.20. The molecule has 0 spiro atoms. The topological polar surface area (TPSA) is 69.1 Å². The zero-order chi connectivity index (χ0) is 11.8. The van der Waals surface area contributed by atoms with Crippen molar-refractivity contribution in [2.75, 3.05) is 0 Å². The molecular formula is C9H6ClN5OS. The van der Waals surface area contributed by atoms with E-state index in [1.807, 2.05) is 6.92 Å². The van der Waals surface area contributed by atoms with Crippen molar-refractivity contribution in [3.63, 3.8) is 0 Å². The van der Waals surface area contributed by atoms with Gasteiger partial charge in [-0.2, -0.15) is 19.6 Å². The van der Waals surface area contributed by atoms with Gasteiger partial charge in [0.25, 0.3) is 11.0 Å². The number of rotatable bonds is 2. The van der Waals surface area contributed by atoms with Crippen LogP contribution in [0.3, 0.4) is 0 Å². The molecule has 0 amide bonds. The summed E-state index contributed by atoms with van der Waals surface area (Å²) < 4.78 is 6.79. The van der Waals surface area contributed by atoms with Gasteiger partial charge in [0.15, 0.2) is 0 Å². The molecule has 17 heavy (non-hydrogen) atoms. The molecule has 3 heterocycles. The van der Waals surface area contributed by atoms with Crippen LogP contribution in [0, 0.1) is 6.92 Å². The van der Waals surface area contributed by atoms with Gasteiger partial charge in [0.05, 0.1) is 6.20 Å². The monoisotopic (exact) mass is 267 g/mol. The van der Waals surface area contributed by atoms with Crippen molar-refractivity contribution in [1.82, 2.24) is 24.6 Å². The smallest absolute Gasteiger partial charge is 0.261 e. The fourth-order valence-corrected chi connectivity index (χ4v) is 2.41. The summed E-state index contributed by atoms with van der Waals surface area (Å²) in [5.41, 5.74) is 0.813. The van der Waals surface area contributed by atoms with Crippen LogP contribution >= 0.6 is 23.4 Å². The molecule has 0 atom stereocenters. The first kappa shape index (κ1) is 10.5. The highest BCUT2D eigenvalue weighted by molar-refractivity contribution is 7.99. The van der Waals surface area contributed by atoms with Crippen molar-refractivity contribution in [3.05, 3.63) is 29.5 Å². The van der Waals surface area contributed by atoms with E-state index in [0.717, 1.165) is 10.6 Å². The normalized spacial score (nSPS) is 11.2. The third kappa shape index (κ3) is 1.77. The summed E-state index contributed by atoms with van der Waals surface area (Å²) >= 11 is 7.36. The molecule has 0 N–H and O–H groups in total. The summed E-state index contributed by atoms with van der Waals surface area (Å²) in [5, 5.41) is 5.81. The number of oxazole rings is 1. The number of hydrogen-bond donors (Lipinski definition) is 0. The second-order valence-corrected chi connectivity index (χ2v) is 4.50. The van der Waals surface area contributed by atoms with Crippen molar-refractivity contribution in [2.24, 2.45) is 0 Å². The van der Waals surface area contributed by atoms with Gasteiger partial charge in [-0.05, 0) is 18.7 Å². The summed E-state index contributed by atoms with van der Waals surface area (Å²) in [6.07, 6.45) is 4.52. The van der Waals surface area contributed by atoms with Crippen molar-refractivity contribution in [2.45, 2.75) is 17.2 Å². The zero-order valence-electron chi connectivity index (χ0n) is 8.66. The molecule has 8 heteroatoms. The molecule has 0 aliphatic heterocycles. The van der Waals surface area contributed by atoms with Crippen LogP contribution < -0.4 is 0 Å². The summed E-state index contributed by atoms with van der Waals surface area (Å²) in [7, 11) is 0. The van der Waals surface area contributed by atoms with E-state index in [1.165, 1.54) is 24.4 Å². The van der Waals surface area contributed by atoms with E-state index in [-0.39, 0.29) is 0 Å². The average Bonchev–Trinajstić information content (AvgIpc) is 2.94. The Morgan fingerprint density at radius 2 is 2.29 bits per heavy atom. The lowest BCUT2D eigenvalue weighted by Gasteiger charge is -2.05. The molecule has 0 aliphatic carbocycles. The van der Waals surface area contributed by atoms with Gasteiger partial charge in [-0.3, -0.25) is 0 Å². The van der Waals surface area contributed by atoms with E-state index < -0.39 is 0 Å². The molecule has 86 valence electrons. The molecular weight excluding hydrogens is 262 g/mol. The lowest BCUT2D eigenvalue weighted by atomic mass is 10.4. The number of fused-ring (bicyclic) bond motifs is 1. The lowest BCUT2D eigenvalue weighted by molar-refractivity contribution is 0.453. The molecule has 0 aliphatic rings. The van der Waals surface area contributed by atoms with Gasteiger partial charge < -0.3 is 4.42 Å². The number of nitrogens with zero attached hydrogens (tertiary/aromatic N) is 5. The van der Waals surface area contributed by atoms with Crippen molar-refractivity contribution in [3.8, 4) is 0 Å². The van der Waals surface area contributed by atoms with Crippen LogP contribution in [0.4, 0.5) is 0 Å². The molecule has 0 aromatic carbocycles. The maximum atomic E-state index is 6.03. The van der Waals surface area contributed by atoms with Crippen molar-refractivity contribution >= 4 is 29.1 Å². The van der Waals surface area contributed by atoms with Gasteiger partial charge in [0.1, 0.15) is 22.8 Å². The quantitative estimate of drug-likeness (QED) is 0.663. The molecule has 0 unspecified atom stereocenters. The Bertz CT molecular complexity index is 665. The Labute approximate surface area is 105 Å². The highest BCUT2D eigenvalue weighted by Crippen LogP contribution is 2.31. The maximum Gasteiger partial charge on any atom is 0.261 e. The molecule has 6 nitrogen and oxygen atoms in total. The van der Waals surface area contributed by atoms with Crippen LogP contribution in [-0.2, 0) is 0 Å². The predicted molar refractivity (Wildman–Crippen MR) is 61.2 cm³/mol. The van der Waals surface area contributed by atoms with Crippen molar-refractivity contribution < 1.29 is 4.42 Å². The van der Waals surface area contributed by atoms with E-state index in [1.54, 1.807) is 10.7 Å². The maximum absolute atomic E-state index is 6.03. The minimum atomic E-state index is 0.402. The molecule has 0 fully saturated rings. The number of hydrogen-bond acceptors (Lipinski definition) is 6. The first-order chi connectivity index (χ1) is 8.25. The zero-order valence-corrected chi connectivity index (χ0v) is 10.2. The first-order valence-electron chi connectivity index (χ1n) is 4.69. The van der Waals surface area contributed by atoms with Gasteiger partial charge in [-0.1, -0.05) is 11.6 Å². The molecule has 0 radical (unpaired) electrons. The SMILES string of the molecule is Cc1c(Cl)nc2ncnn2c1Sc1ncco1. The number of aromatic nitrogens is 5. The van der Waals surface area contributed by atoms with Gasteiger partial charge in [-0.25, -0.2) is 4.98 Å². The molecule has 3 aromatic rings. The fourth-order valence-electron chi connectivity index (χ4n) is 1.34. The third-order valence-electron chi connectivity index (χ3n) is 2.14. The van der Waals surface area contributed by atoms with Crippen LogP contribution in [0.15, 0.2) is 33.5 Å². The third-order valence-corrected chi connectivity index (χ3v) is 3.56. The molecule has 0 saturated heterocycles. The minimum Gasteiger partial charge on any atom is -0.440 e. The van der Waals surface area contributed by atoms with Crippen molar-refractivity contribution in [1.29, 1.82) is 0 Å². The van der Waals surface area contributed by atoms with Gasteiger partial charge in [0.2, 0.25) is 0 Å². The Kier molecular flexibility index (Phi) is 2.49. The van der Waals surface area contributed by atoms with E-state index in [0.29, 0.717) is 16.2 Å². The highest BCUT2D eigenvalue weighted by atomic mass is 35.5. The van der Waals surface area contributed by atoms with E-state index in [4.69, 9.17) is 16.0 Å². The standard InChI is InChI=1S/C9H6ClN5OS/c1-5-6(10)14-8-12-4-13-15(8)7(5)17-9-11-2-3-16-9/h2-4H,1H3. The molecule has 3 rings (SSSR count). The summed E-state index contributed by atoms with van der Waals surface area (Å²) in [6.45, 7) is 1.86. The van der Waals surface area contributed by atoms with Crippen LogP contribution in [0.25, 0.3) is 5.78 Å². The first-order valence-corrected chi connectivity index (χ1v) is 5.88. The Morgan fingerprint density at radius 1 is 1.41 bits per heavy atom. The summed E-state index contributed by atoms with van der Waals surface area (Å²) in [4.78, 5) is 12.2. The molecule has 0 bridgehead atoms. The van der Waals surface area contributed by atoms with Crippen LogP contribution in [0.1, 0.15) is 5.56 Å².